The maximum atomic E-state index is 13.1. The number of carbonyl (C=O) groups is 2. The second-order valence-corrected chi connectivity index (χ2v) is 8.95. The van der Waals surface area contributed by atoms with Crippen molar-refractivity contribution in [2.24, 2.45) is 0 Å². The molecule has 3 rings (SSSR count). The first kappa shape index (κ1) is 23.6. The summed E-state index contributed by atoms with van der Waals surface area (Å²) >= 11 is 0. The van der Waals surface area contributed by atoms with Gasteiger partial charge >= 0.3 is 5.97 Å². The van der Waals surface area contributed by atoms with Crippen molar-refractivity contribution in [3.63, 3.8) is 0 Å². The van der Waals surface area contributed by atoms with Crippen molar-refractivity contribution >= 4 is 21.9 Å². The SMILES string of the molecule is CCOC(=O)c1cccc(S(=O)(=O)N2CCN(C(=O)c3ccc(OC)c(OC)c3)CC2)c1. The van der Waals surface area contributed by atoms with E-state index in [9.17, 15) is 18.0 Å². The number of carbonyl (C=O) groups excluding carboxylic acids is 2. The Kier molecular flexibility index (Phi) is 7.37. The van der Waals surface area contributed by atoms with Gasteiger partial charge in [-0.1, -0.05) is 6.07 Å². The standard InChI is InChI=1S/C22H26N2O7S/c1-4-31-22(26)17-6-5-7-18(14-17)32(27,28)24-12-10-23(11-13-24)21(25)16-8-9-19(29-2)20(15-16)30-3/h5-9,14-15H,4,10-13H2,1-3H3. The van der Waals surface area contributed by atoms with Crippen molar-refractivity contribution in [2.75, 3.05) is 47.0 Å². The maximum Gasteiger partial charge on any atom is 0.338 e. The summed E-state index contributed by atoms with van der Waals surface area (Å²) in [5, 5.41) is 0. The monoisotopic (exact) mass is 462 g/mol. The molecular weight excluding hydrogens is 436 g/mol. The smallest absolute Gasteiger partial charge is 0.338 e. The van der Waals surface area contributed by atoms with E-state index in [-0.39, 0.29) is 49.2 Å². The molecule has 32 heavy (non-hydrogen) atoms. The zero-order valence-electron chi connectivity index (χ0n) is 18.2. The molecule has 0 saturated carbocycles. The predicted molar refractivity (Wildman–Crippen MR) is 117 cm³/mol. The third-order valence-corrected chi connectivity index (χ3v) is 7.03. The summed E-state index contributed by atoms with van der Waals surface area (Å²) in [5.41, 5.74) is 0.608. The number of amides is 1. The number of hydrogen-bond acceptors (Lipinski definition) is 7. The number of benzene rings is 2. The fourth-order valence-corrected chi connectivity index (χ4v) is 4.90. The van der Waals surface area contributed by atoms with Crippen LogP contribution >= 0.6 is 0 Å². The number of nitrogens with zero attached hydrogens (tertiary/aromatic N) is 2. The van der Waals surface area contributed by atoms with Gasteiger partial charge < -0.3 is 19.1 Å². The molecule has 0 radical (unpaired) electrons. The van der Waals surface area contributed by atoms with E-state index in [1.165, 1.54) is 42.8 Å². The number of rotatable bonds is 7. The van der Waals surface area contributed by atoms with E-state index in [0.717, 1.165) is 0 Å². The highest BCUT2D eigenvalue weighted by Gasteiger charge is 2.31. The number of sulfonamides is 1. The molecule has 1 amide bonds. The van der Waals surface area contributed by atoms with Gasteiger partial charge in [-0.2, -0.15) is 4.31 Å². The van der Waals surface area contributed by atoms with Crippen molar-refractivity contribution in [2.45, 2.75) is 11.8 Å². The highest BCUT2D eigenvalue weighted by molar-refractivity contribution is 7.89. The minimum Gasteiger partial charge on any atom is -0.493 e. The van der Waals surface area contributed by atoms with Gasteiger partial charge in [-0.3, -0.25) is 4.79 Å². The third kappa shape index (κ3) is 4.86. The molecule has 1 aliphatic rings. The lowest BCUT2D eigenvalue weighted by molar-refractivity contribution is 0.0525. The molecule has 0 N–H and O–H groups in total. The van der Waals surface area contributed by atoms with E-state index in [0.29, 0.717) is 17.1 Å². The maximum absolute atomic E-state index is 13.1. The summed E-state index contributed by atoms with van der Waals surface area (Å²) in [4.78, 5) is 26.4. The van der Waals surface area contributed by atoms with Crippen LogP contribution in [0.1, 0.15) is 27.6 Å². The summed E-state index contributed by atoms with van der Waals surface area (Å²) in [7, 11) is -0.807. The van der Waals surface area contributed by atoms with Crippen molar-refractivity contribution < 1.29 is 32.2 Å². The molecule has 1 saturated heterocycles. The molecule has 172 valence electrons. The lowest BCUT2D eigenvalue weighted by atomic mass is 10.1. The molecule has 1 fully saturated rings. The van der Waals surface area contributed by atoms with Gasteiger partial charge in [0.1, 0.15) is 0 Å². The molecule has 0 spiro atoms. The van der Waals surface area contributed by atoms with Gasteiger partial charge in [0.2, 0.25) is 10.0 Å². The van der Waals surface area contributed by atoms with E-state index in [4.69, 9.17) is 14.2 Å². The van der Waals surface area contributed by atoms with Gasteiger partial charge in [0, 0.05) is 31.7 Å². The molecule has 0 aromatic heterocycles. The second-order valence-electron chi connectivity index (χ2n) is 7.01. The van der Waals surface area contributed by atoms with Crippen LogP contribution in [0.4, 0.5) is 0 Å². The minimum atomic E-state index is -3.82. The molecule has 2 aromatic carbocycles. The Balaban J connectivity index is 1.70. The van der Waals surface area contributed by atoms with Crippen molar-refractivity contribution in [3.8, 4) is 11.5 Å². The summed E-state index contributed by atoms with van der Waals surface area (Å²) in [6.07, 6.45) is 0. The van der Waals surface area contributed by atoms with E-state index >= 15 is 0 Å². The summed E-state index contributed by atoms with van der Waals surface area (Å²) in [5.74, 6) is 0.174. The Morgan fingerprint density at radius 1 is 0.906 bits per heavy atom. The number of ether oxygens (including phenoxy) is 3. The molecular formula is C22H26N2O7S. The Bertz CT molecular complexity index is 1090. The minimum absolute atomic E-state index is 0.0164. The first-order valence-electron chi connectivity index (χ1n) is 10.1. The first-order chi connectivity index (χ1) is 15.3. The van der Waals surface area contributed by atoms with E-state index < -0.39 is 16.0 Å². The third-order valence-electron chi connectivity index (χ3n) is 5.14. The quantitative estimate of drug-likeness (QED) is 0.580. The topological polar surface area (TPSA) is 102 Å². The van der Waals surface area contributed by atoms with Crippen LogP contribution in [0.25, 0.3) is 0 Å². The van der Waals surface area contributed by atoms with Gasteiger partial charge in [0.15, 0.2) is 11.5 Å². The normalized spacial score (nSPS) is 14.7. The summed E-state index contributed by atoms with van der Waals surface area (Å²) in [6.45, 7) is 2.65. The Morgan fingerprint density at radius 3 is 2.22 bits per heavy atom. The van der Waals surface area contributed by atoms with Crippen molar-refractivity contribution in [3.05, 3.63) is 53.6 Å². The van der Waals surface area contributed by atoms with Crippen LogP contribution in [0.2, 0.25) is 0 Å². The molecule has 0 bridgehead atoms. The zero-order chi connectivity index (χ0) is 23.3. The molecule has 0 atom stereocenters. The van der Waals surface area contributed by atoms with Crippen molar-refractivity contribution in [1.82, 2.24) is 9.21 Å². The number of piperazine rings is 1. The Hall–Kier alpha value is -3.11. The lowest BCUT2D eigenvalue weighted by Gasteiger charge is -2.34. The van der Waals surface area contributed by atoms with E-state index in [1.54, 1.807) is 30.0 Å². The van der Waals surface area contributed by atoms with Crippen LogP contribution in [0.3, 0.4) is 0 Å². The number of esters is 1. The average Bonchev–Trinajstić information content (AvgIpc) is 2.83. The van der Waals surface area contributed by atoms with Gasteiger partial charge in [-0.05, 0) is 43.3 Å². The average molecular weight is 463 g/mol. The van der Waals surface area contributed by atoms with Crippen LogP contribution in [-0.2, 0) is 14.8 Å². The lowest BCUT2D eigenvalue weighted by Crippen LogP contribution is -2.50. The Labute approximate surface area is 187 Å². The fraction of sp³-hybridized carbons (Fsp3) is 0.364. The van der Waals surface area contributed by atoms with Gasteiger partial charge in [-0.15, -0.1) is 0 Å². The van der Waals surface area contributed by atoms with E-state index in [2.05, 4.69) is 0 Å². The highest BCUT2D eigenvalue weighted by Crippen LogP contribution is 2.28. The van der Waals surface area contributed by atoms with Gasteiger partial charge in [0.25, 0.3) is 5.91 Å². The van der Waals surface area contributed by atoms with Crippen LogP contribution in [-0.4, -0.2) is 76.5 Å². The van der Waals surface area contributed by atoms with Crippen molar-refractivity contribution in [1.29, 1.82) is 0 Å². The predicted octanol–water partition coefficient (Wildman–Crippen LogP) is 2.03. The summed E-state index contributed by atoms with van der Waals surface area (Å²) < 4.78 is 42.8. The zero-order valence-corrected chi connectivity index (χ0v) is 19.1. The summed E-state index contributed by atoms with van der Waals surface area (Å²) in [6, 6.07) is 10.7. The number of hydrogen-bond donors (Lipinski definition) is 0. The highest BCUT2D eigenvalue weighted by atomic mass is 32.2. The number of methoxy groups -OCH3 is 2. The molecule has 10 heteroatoms. The first-order valence-corrected chi connectivity index (χ1v) is 11.5. The Morgan fingerprint density at radius 2 is 1.59 bits per heavy atom. The van der Waals surface area contributed by atoms with Gasteiger partial charge in [-0.25, -0.2) is 13.2 Å². The van der Waals surface area contributed by atoms with Crippen LogP contribution in [0, 0.1) is 0 Å². The molecule has 0 aliphatic carbocycles. The molecule has 2 aromatic rings. The fourth-order valence-electron chi connectivity index (χ4n) is 3.43. The molecule has 1 aliphatic heterocycles. The van der Waals surface area contributed by atoms with Crippen LogP contribution in [0.15, 0.2) is 47.4 Å². The van der Waals surface area contributed by atoms with E-state index in [1.807, 2.05) is 0 Å². The molecule has 9 nitrogen and oxygen atoms in total. The second kappa shape index (κ2) is 10.0. The molecule has 0 unspecified atom stereocenters. The van der Waals surface area contributed by atoms with Gasteiger partial charge in [0.05, 0.1) is 31.3 Å². The molecule has 1 heterocycles. The van der Waals surface area contributed by atoms with Crippen LogP contribution < -0.4 is 9.47 Å². The van der Waals surface area contributed by atoms with Crippen LogP contribution in [0.5, 0.6) is 11.5 Å². The largest absolute Gasteiger partial charge is 0.493 e.